The number of anilines is 2. The van der Waals surface area contributed by atoms with Crippen molar-refractivity contribution in [3.63, 3.8) is 0 Å². The van der Waals surface area contributed by atoms with Crippen molar-refractivity contribution in [2.75, 3.05) is 39.2 Å². The minimum atomic E-state index is -0.293. The predicted octanol–water partition coefficient (Wildman–Crippen LogP) is 5.37. The molecule has 1 unspecified atom stereocenters. The molecule has 0 bridgehead atoms. The number of aromatic nitrogens is 3. The van der Waals surface area contributed by atoms with Crippen molar-refractivity contribution >= 4 is 28.8 Å². The van der Waals surface area contributed by atoms with Crippen molar-refractivity contribution in [3.05, 3.63) is 65.3 Å². The molecule has 9 heteroatoms. The average Bonchev–Trinajstić information content (AvgIpc) is 3.32. The fourth-order valence-corrected chi connectivity index (χ4v) is 5.22. The van der Waals surface area contributed by atoms with Crippen LogP contribution in [-0.4, -0.2) is 64.6 Å². The highest BCUT2D eigenvalue weighted by Crippen LogP contribution is 2.36. The molecule has 0 spiro atoms. The SMILES string of the molecule is COc1cc(C2CCN(CC(C)O)CC2)ccc1Nc1ncc2ccc(-c3cc(Cl)ccc3OC)n2n1. The molecule has 1 aliphatic heterocycles. The lowest BCUT2D eigenvalue weighted by atomic mass is 9.89. The lowest BCUT2D eigenvalue weighted by Crippen LogP contribution is -2.37. The lowest BCUT2D eigenvalue weighted by Gasteiger charge is -2.33. The van der Waals surface area contributed by atoms with Crippen molar-refractivity contribution < 1.29 is 14.6 Å². The molecule has 1 aliphatic rings. The number of fused-ring (bicyclic) bond motifs is 1. The topological polar surface area (TPSA) is 84.2 Å². The smallest absolute Gasteiger partial charge is 0.245 e. The summed E-state index contributed by atoms with van der Waals surface area (Å²) in [6.07, 6.45) is 3.61. The number of likely N-dealkylation sites (tertiary alicyclic amines) is 1. The van der Waals surface area contributed by atoms with E-state index in [0.717, 1.165) is 60.7 Å². The van der Waals surface area contributed by atoms with Crippen LogP contribution < -0.4 is 14.8 Å². The standard InChI is InChI=1S/C28H32ClN5O3/c1-18(35)17-33-12-10-19(11-13-33)20-4-7-24(27(14-20)37-3)31-28-30-16-22-6-8-25(34(22)32-28)23-15-21(29)5-9-26(23)36-2/h4-9,14-16,18-19,35H,10-13,17H2,1-3H3,(H,31,32). The summed E-state index contributed by atoms with van der Waals surface area (Å²) in [5.74, 6) is 2.38. The molecule has 2 aromatic heterocycles. The number of hydrogen-bond acceptors (Lipinski definition) is 7. The Labute approximate surface area is 221 Å². The van der Waals surface area contributed by atoms with Gasteiger partial charge in [-0.05, 0) is 86.8 Å². The summed E-state index contributed by atoms with van der Waals surface area (Å²) in [6.45, 7) is 4.55. The van der Waals surface area contributed by atoms with Gasteiger partial charge in [-0.2, -0.15) is 0 Å². The van der Waals surface area contributed by atoms with Crippen LogP contribution in [0.2, 0.25) is 5.02 Å². The molecule has 0 amide bonds. The molecule has 2 aromatic carbocycles. The Morgan fingerprint density at radius 1 is 1.05 bits per heavy atom. The van der Waals surface area contributed by atoms with Gasteiger partial charge in [0.2, 0.25) is 5.95 Å². The van der Waals surface area contributed by atoms with Gasteiger partial charge in [-0.15, -0.1) is 5.10 Å². The highest BCUT2D eigenvalue weighted by Gasteiger charge is 2.22. The number of aliphatic hydroxyl groups excluding tert-OH is 1. The second-order valence-electron chi connectivity index (χ2n) is 9.49. The fourth-order valence-electron chi connectivity index (χ4n) is 5.05. The van der Waals surface area contributed by atoms with E-state index in [1.165, 1.54) is 5.56 Å². The van der Waals surface area contributed by atoms with Crippen LogP contribution in [0.25, 0.3) is 16.8 Å². The number of benzene rings is 2. The molecule has 0 radical (unpaired) electrons. The largest absolute Gasteiger partial charge is 0.496 e. The summed E-state index contributed by atoms with van der Waals surface area (Å²) in [5, 5.41) is 18.4. The summed E-state index contributed by atoms with van der Waals surface area (Å²) in [7, 11) is 3.31. The summed E-state index contributed by atoms with van der Waals surface area (Å²) in [4.78, 5) is 6.84. The van der Waals surface area contributed by atoms with E-state index in [4.69, 9.17) is 26.2 Å². The molecule has 8 nitrogen and oxygen atoms in total. The van der Waals surface area contributed by atoms with Gasteiger partial charge >= 0.3 is 0 Å². The van der Waals surface area contributed by atoms with Crippen molar-refractivity contribution in [2.24, 2.45) is 0 Å². The van der Waals surface area contributed by atoms with E-state index in [0.29, 0.717) is 22.6 Å². The van der Waals surface area contributed by atoms with Gasteiger partial charge in [-0.25, -0.2) is 9.50 Å². The minimum Gasteiger partial charge on any atom is -0.496 e. The van der Waals surface area contributed by atoms with Gasteiger partial charge in [-0.3, -0.25) is 0 Å². The maximum atomic E-state index is 9.67. The molecule has 0 saturated carbocycles. The maximum Gasteiger partial charge on any atom is 0.245 e. The van der Waals surface area contributed by atoms with Crippen LogP contribution in [0, 0.1) is 0 Å². The van der Waals surface area contributed by atoms with Crippen molar-refractivity contribution in [1.29, 1.82) is 0 Å². The van der Waals surface area contributed by atoms with Crippen molar-refractivity contribution in [3.8, 4) is 22.8 Å². The minimum absolute atomic E-state index is 0.293. The van der Waals surface area contributed by atoms with Crippen LogP contribution in [0.5, 0.6) is 11.5 Å². The van der Waals surface area contributed by atoms with E-state index in [-0.39, 0.29) is 6.10 Å². The zero-order valence-corrected chi connectivity index (χ0v) is 22.1. The van der Waals surface area contributed by atoms with E-state index >= 15 is 0 Å². The van der Waals surface area contributed by atoms with E-state index in [2.05, 4.69) is 27.3 Å². The number of nitrogens with one attached hydrogen (secondary N) is 1. The second-order valence-corrected chi connectivity index (χ2v) is 9.93. The molecule has 0 aliphatic carbocycles. The number of nitrogens with zero attached hydrogens (tertiary/aromatic N) is 4. The zero-order chi connectivity index (χ0) is 25.9. The molecule has 2 N–H and O–H groups in total. The van der Waals surface area contributed by atoms with Crippen LogP contribution in [0.15, 0.2) is 54.7 Å². The van der Waals surface area contributed by atoms with Crippen molar-refractivity contribution in [2.45, 2.75) is 31.8 Å². The molecular weight excluding hydrogens is 490 g/mol. The number of hydrogen-bond donors (Lipinski definition) is 2. The van der Waals surface area contributed by atoms with Gasteiger partial charge in [-0.1, -0.05) is 17.7 Å². The van der Waals surface area contributed by atoms with Gasteiger partial charge in [0.1, 0.15) is 11.5 Å². The molecule has 1 fully saturated rings. The molecule has 1 atom stereocenters. The fraction of sp³-hybridized carbons (Fsp3) is 0.357. The highest BCUT2D eigenvalue weighted by atomic mass is 35.5. The number of rotatable bonds is 8. The molecule has 4 aromatic rings. The summed E-state index contributed by atoms with van der Waals surface area (Å²) < 4.78 is 13.1. The number of β-amino-alcohol motifs (C(OH)–C–C–N with tert-alkyl or cyclic N) is 1. The van der Waals surface area contributed by atoms with Crippen LogP contribution >= 0.6 is 11.6 Å². The number of aliphatic hydroxyl groups is 1. The first kappa shape index (κ1) is 25.3. The van der Waals surface area contributed by atoms with Gasteiger partial charge in [0.05, 0.1) is 43.4 Å². The first-order valence-corrected chi connectivity index (χ1v) is 12.9. The van der Waals surface area contributed by atoms with Crippen LogP contribution in [0.4, 0.5) is 11.6 Å². The molecule has 194 valence electrons. The Morgan fingerprint density at radius 2 is 1.84 bits per heavy atom. The summed E-state index contributed by atoms with van der Waals surface area (Å²) >= 11 is 6.27. The Hall–Kier alpha value is -3.33. The first-order chi connectivity index (χ1) is 17.9. The maximum absolute atomic E-state index is 9.67. The number of methoxy groups -OCH3 is 2. The van der Waals surface area contributed by atoms with Gasteiger partial charge in [0, 0.05) is 17.1 Å². The lowest BCUT2D eigenvalue weighted by molar-refractivity contribution is 0.109. The Morgan fingerprint density at radius 3 is 2.57 bits per heavy atom. The van der Waals surface area contributed by atoms with Crippen LogP contribution in [0.3, 0.4) is 0 Å². The number of halogens is 1. The van der Waals surface area contributed by atoms with Gasteiger partial charge < -0.3 is 24.8 Å². The molecular formula is C28H32ClN5O3. The number of piperidine rings is 1. The Kier molecular flexibility index (Phi) is 7.50. The highest BCUT2D eigenvalue weighted by molar-refractivity contribution is 6.31. The third-order valence-corrected chi connectivity index (χ3v) is 7.12. The first-order valence-electron chi connectivity index (χ1n) is 12.5. The summed E-state index contributed by atoms with van der Waals surface area (Å²) in [5.41, 5.74) is 4.61. The predicted molar refractivity (Wildman–Crippen MR) is 146 cm³/mol. The van der Waals surface area contributed by atoms with Crippen LogP contribution in [0.1, 0.15) is 31.2 Å². The van der Waals surface area contributed by atoms with Crippen molar-refractivity contribution in [1.82, 2.24) is 19.5 Å². The molecule has 5 rings (SSSR count). The van der Waals surface area contributed by atoms with Crippen LogP contribution in [-0.2, 0) is 0 Å². The molecule has 37 heavy (non-hydrogen) atoms. The van der Waals surface area contributed by atoms with E-state index in [1.54, 1.807) is 26.5 Å². The second kappa shape index (κ2) is 11.0. The summed E-state index contributed by atoms with van der Waals surface area (Å²) in [6, 6.07) is 15.7. The zero-order valence-electron chi connectivity index (χ0n) is 21.3. The van der Waals surface area contributed by atoms with E-state index in [9.17, 15) is 5.11 Å². The normalized spacial score (nSPS) is 15.6. The third kappa shape index (κ3) is 5.51. The third-order valence-electron chi connectivity index (χ3n) is 6.89. The van der Waals surface area contributed by atoms with Gasteiger partial charge in [0.25, 0.3) is 0 Å². The van der Waals surface area contributed by atoms with E-state index < -0.39 is 0 Å². The Balaban J connectivity index is 1.38. The molecule has 3 heterocycles. The number of ether oxygens (including phenoxy) is 2. The van der Waals surface area contributed by atoms with Gasteiger partial charge in [0.15, 0.2) is 0 Å². The monoisotopic (exact) mass is 521 g/mol. The Bertz CT molecular complexity index is 1380. The molecule has 1 saturated heterocycles. The van der Waals surface area contributed by atoms with E-state index in [1.807, 2.05) is 41.8 Å². The average molecular weight is 522 g/mol. The quantitative estimate of drug-likeness (QED) is 0.322.